The molecule has 21 heavy (non-hydrogen) atoms. The molecule has 1 saturated carbocycles. The second-order valence-electron chi connectivity index (χ2n) is 6.30. The highest BCUT2D eigenvalue weighted by Crippen LogP contribution is 2.41. The van der Waals surface area contributed by atoms with Crippen molar-refractivity contribution in [1.29, 1.82) is 0 Å². The van der Waals surface area contributed by atoms with Gasteiger partial charge >= 0.3 is 0 Å². The van der Waals surface area contributed by atoms with E-state index < -0.39 is 0 Å². The zero-order valence-electron chi connectivity index (χ0n) is 13.0. The quantitative estimate of drug-likeness (QED) is 0.761. The Morgan fingerprint density at radius 1 is 1.24 bits per heavy atom. The van der Waals surface area contributed by atoms with E-state index in [2.05, 4.69) is 53.6 Å². The summed E-state index contributed by atoms with van der Waals surface area (Å²) in [6.07, 6.45) is 6.95. The average Bonchev–Trinajstić information content (AvgIpc) is 3.24. The minimum atomic E-state index is 0.538. The van der Waals surface area contributed by atoms with E-state index in [1.54, 1.807) is 0 Å². The Morgan fingerprint density at radius 2 is 2.00 bits per heavy atom. The molecule has 3 heteroatoms. The molecule has 1 aromatic heterocycles. The number of hydrogen-bond donors (Lipinski definition) is 2. The number of aryl methyl sites for hydroxylation is 3. The summed E-state index contributed by atoms with van der Waals surface area (Å²) in [6, 6.07) is 9.55. The van der Waals surface area contributed by atoms with Gasteiger partial charge in [0.1, 0.15) is 0 Å². The van der Waals surface area contributed by atoms with Crippen LogP contribution in [0, 0.1) is 19.8 Å². The maximum absolute atomic E-state index is 4.08. The Hall–Kier alpha value is -1.61. The fourth-order valence-corrected chi connectivity index (χ4v) is 2.92. The summed E-state index contributed by atoms with van der Waals surface area (Å²) in [7, 11) is 0. The van der Waals surface area contributed by atoms with E-state index >= 15 is 0 Å². The Morgan fingerprint density at radius 3 is 2.62 bits per heavy atom. The molecule has 1 unspecified atom stereocenters. The molecule has 1 heterocycles. The lowest BCUT2D eigenvalue weighted by Crippen LogP contribution is -2.24. The minimum absolute atomic E-state index is 0.538. The maximum atomic E-state index is 4.08. The van der Waals surface area contributed by atoms with Crippen molar-refractivity contribution in [2.24, 2.45) is 5.92 Å². The third-order valence-electron chi connectivity index (χ3n) is 4.45. The largest absolute Gasteiger partial charge is 0.310 e. The van der Waals surface area contributed by atoms with Gasteiger partial charge in [0.15, 0.2) is 0 Å². The lowest BCUT2D eigenvalue weighted by Gasteiger charge is -2.19. The maximum Gasteiger partial charge on any atom is 0.0522 e. The van der Waals surface area contributed by atoms with Gasteiger partial charge in [0, 0.05) is 11.7 Å². The van der Waals surface area contributed by atoms with Crippen molar-refractivity contribution in [3.63, 3.8) is 0 Å². The van der Waals surface area contributed by atoms with E-state index in [4.69, 9.17) is 0 Å². The molecule has 2 aromatic rings. The zero-order valence-corrected chi connectivity index (χ0v) is 13.0. The second-order valence-corrected chi connectivity index (χ2v) is 6.30. The summed E-state index contributed by atoms with van der Waals surface area (Å²) in [5.41, 5.74) is 5.33. The van der Waals surface area contributed by atoms with Crippen LogP contribution < -0.4 is 5.32 Å². The molecule has 1 aromatic carbocycles. The lowest BCUT2D eigenvalue weighted by atomic mass is 10.0. The summed E-state index contributed by atoms with van der Waals surface area (Å²) >= 11 is 0. The highest BCUT2D eigenvalue weighted by Gasteiger charge is 2.31. The van der Waals surface area contributed by atoms with Gasteiger partial charge in [-0.05, 0) is 63.1 Å². The number of rotatable bonds is 7. The highest BCUT2D eigenvalue weighted by atomic mass is 15.1. The molecule has 1 aliphatic rings. The summed E-state index contributed by atoms with van der Waals surface area (Å²) in [4.78, 5) is 0. The van der Waals surface area contributed by atoms with E-state index in [0.29, 0.717) is 6.04 Å². The van der Waals surface area contributed by atoms with Crippen molar-refractivity contribution in [3.05, 3.63) is 52.8 Å². The molecule has 0 amide bonds. The van der Waals surface area contributed by atoms with Crippen molar-refractivity contribution >= 4 is 0 Å². The SMILES string of the molecule is Cc1ccc(C(NCCCc2cn[nH]c2C)C2CC2)cc1. The summed E-state index contributed by atoms with van der Waals surface area (Å²) in [6.45, 7) is 5.31. The van der Waals surface area contributed by atoms with Gasteiger partial charge in [0.05, 0.1) is 6.20 Å². The number of nitrogens with one attached hydrogen (secondary N) is 2. The van der Waals surface area contributed by atoms with Crippen LogP contribution in [0.25, 0.3) is 0 Å². The lowest BCUT2D eigenvalue weighted by molar-refractivity contribution is 0.475. The second kappa shape index (κ2) is 6.44. The third-order valence-corrected chi connectivity index (χ3v) is 4.45. The Kier molecular flexibility index (Phi) is 4.39. The smallest absolute Gasteiger partial charge is 0.0522 e. The topological polar surface area (TPSA) is 40.7 Å². The first-order chi connectivity index (χ1) is 10.2. The first-order valence-electron chi connectivity index (χ1n) is 8.03. The molecule has 3 nitrogen and oxygen atoms in total. The summed E-state index contributed by atoms with van der Waals surface area (Å²) in [5.74, 6) is 0.836. The van der Waals surface area contributed by atoms with Crippen LogP contribution in [-0.2, 0) is 6.42 Å². The van der Waals surface area contributed by atoms with Gasteiger partial charge in [-0.15, -0.1) is 0 Å². The molecule has 1 atom stereocenters. The number of hydrogen-bond acceptors (Lipinski definition) is 2. The molecule has 3 rings (SSSR count). The molecular weight excluding hydrogens is 258 g/mol. The predicted molar refractivity (Wildman–Crippen MR) is 86.3 cm³/mol. The van der Waals surface area contributed by atoms with E-state index in [0.717, 1.165) is 25.3 Å². The highest BCUT2D eigenvalue weighted by molar-refractivity contribution is 5.25. The first kappa shape index (κ1) is 14.3. The Balaban J connectivity index is 1.52. The van der Waals surface area contributed by atoms with Crippen molar-refractivity contribution in [2.75, 3.05) is 6.54 Å². The van der Waals surface area contributed by atoms with Gasteiger partial charge in [-0.3, -0.25) is 5.10 Å². The molecule has 112 valence electrons. The number of aromatic nitrogens is 2. The zero-order chi connectivity index (χ0) is 14.7. The molecule has 0 aliphatic heterocycles. The van der Waals surface area contributed by atoms with Crippen LogP contribution in [0.4, 0.5) is 0 Å². The number of benzene rings is 1. The monoisotopic (exact) mass is 283 g/mol. The van der Waals surface area contributed by atoms with Crippen molar-refractivity contribution in [3.8, 4) is 0 Å². The van der Waals surface area contributed by atoms with Crippen molar-refractivity contribution in [1.82, 2.24) is 15.5 Å². The fraction of sp³-hybridized carbons (Fsp3) is 0.500. The molecule has 1 fully saturated rings. The average molecular weight is 283 g/mol. The van der Waals surface area contributed by atoms with Gasteiger partial charge in [0.2, 0.25) is 0 Å². The van der Waals surface area contributed by atoms with Crippen LogP contribution in [0.15, 0.2) is 30.5 Å². The normalized spacial score (nSPS) is 16.1. The molecule has 1 aliphatic carbocycles. The number of H-pyrrole nitrogens is 1. The molecule has 0 bridgehead atoms. The number of aromatic amines is 1. The molecular formula is C18H25N3. The van der Waals surface area contributed by atoms with E-state index in [1.807, 2.05) is 6.20 Å². The minimum Gasteiger partial charge on any atom is -0.310 e. The van der Waals surface area contributed by atoms with Gasteiger partial charge in [-0.1, -0.05) is 29.8 Å². The van der Waals surface area contributed by atoms with E-state index in [1.165, 1.54) is 35.2 Å². The third kappa shape index (κ3) is 3.73. The van der Waals surface area contributed by atoms with Crippen molar-refractivity contribution < 1.29 is 0 Å². The number of nitrogens with zero attached hydrogens (tertiary/aromatic N) is 1. The van der Waals surface area contributed by atoms with Crippen LogP contribution in [0.2, 0.25) is 0 Å². The standard InChI is InChI=1S/C18H25N3/c1-13-5-7-15(8-6-13)18(16-9-10-16)19-11-3-4-17-12-20-21-14(17)2/h5-8,12,16,18-19H,3-4,9-11H2,1-2H3,(H,20,21). The van der Waals surface area contributed by atoms with Gasteiger partial charge in [0.25, 0.3) is 0 Å². The van der Waals surface area contributed by atoms with Crippen LogP contribution in [-0.4, -0.2) is 16.7 Å². The van der Waals surface area contributed by atoms with Gasteiger partial charge < -0.3 is 5.32 Å². The predicted octanol–water partition coefficient (Wildman–Crippen LogP) is 3.70. The Bertz CT molecular complexity index is 566. The van der Waals surface area contributed by atoms with Gasteiger partial charge in [-0.25, -0.2) is 0 Å². The van der Waals surface area contributed by atoms with E-state index in [-0.39, 0.29) is 0 Å². The molecule has 0 saturated heterocycles. The van der Waals surface area contributed by atoms with Crippen LogP contribution in [0.5, 0.6) is 0 Å². The molecule has 0 radical (unpaired) electrons. The molecule has 0 spiro atoms. The van der Waals surface area contributed by atoms with Crippen LogP contribution >= 0.6 is 0 Å². The fourth-order valence-electron chi connectivity index (χ4n) is 2.92. The molecule has 2 N–H and O–H groups in total. The summed E-state index contributed by atoms with van der Waals surface area (Å²) < 4.78 is 0. The first-order valence-corrected chi connectivity index (χ1v) is 8.03. The van der Waals surface area contributed by atoms with Crippen LogP contribution in [0.3, 0.4) is 0 Å². The van der Waals surface area contributed by atoms with Crippen LogP contribution in [0.1, 0.15) is 47.7 Å². The van der Waals surface area contributed by atoms with Crippen molar-refractivity contribution in [2.45, 2.75) is 45.6 Å². The summed E-state index contributed by atoms with van der Waals surface area (Å²) in [5, 5.41) is 10.9. The van der Waals surface area contributed by atoms with E-state index in [9.17, 15) is 0 Å². The van der Waals surface area contributed by atoms with Gasteiger partial charge in [-0.2, -0.15) is 5.10 Å². The Labute approximate surface area is 127 Å².